The Labute approximate surface area is 215 Å². The van der Waals surface area contributed by atoms with Gasteiger partial charge in [-0.2, -0.15) is 13.2 Å². The van der Waals surface area contributed by atoms with Crippen molar-refractivity contribution in [2.75, 3.05) is 38.6 Å². The van der Waals surface area contributed by atoms with Crippen LogP contribution in [0.25, 0.3) is 0 Å². The van der Waals surface area contributed by atoms with E-state index in [1.807, 2.05) is 24.1 Å². The van der Waals surface area contributed by atoms with E-state index >= 15 is 0 Å². The monoisotopic (exact) mass is 517 g/mol. The highest BCUT2D eigenvalue weighted by Crippen LogP contribution is 2.30. The number of hydrogen-bond donors (Lipinski definition) is 1. The van der Waals surface area contributed by atoms with Crippen LogP contribution >= 0.6 is 0 Å². The second kappa shape index (κ2) is 12.0. The third kappa shape index (κ3) is 7.47. The number of halogens is 3. The van der Waals surface area contributed by atoms with E-state index in [1.54, 1.807) is 24.3 Å². The molecule has 4 rings (SSSR count). The largest absolute Gasteiger partial charge is 0.494 e. The number of hydrogen-bond acceptors (Lipinski definition) is 4. The Morgan fingerprint density at radius 3 is 2.24 bits per heavy atom. The molecule has 0 aromatic heterocycles. The lowest BCUT2D eigenvalue weighted by Gasteiger charge is -2.32. The first-order chi connectivity index (χ1) is 17.7. The summed E-state index contributed by atoms with van der Waals surface area (Å²) >= 11 is 0. The number of amides is 2. The molecule has 2 heterocycles. The van der Waals surface area contributed by atoms with E-state index in [1.165, 1.54) is 5.56 Å². The Bertz CT molecular complexity index is 1050. The van der Waals surface area contributed by atoms with Gasteiger partial charge >= 0.3 is 6.18 Å². The molecule has 6 nitrogen and oxygen atoms in total. The highest BCUT2D eigenvalue weighted by atomic mass is 19.4. The van der Waals surface area contributed by atoms with Gasteiger partial charge in [0.1, 0.15) is 5.75 Å². The third-order valence-electron chi connectivity index (χ3n) is 7.23. The molecular weight excluding hydrogens is 483 g/mol. The van der Waals surface area contributed by atoms with E-state index < -0.39 is 12.6 Å². The lowest BCUT2D eigenvalue weighted by molar-refractivity contribution is -0.136. The molecule has 37 heavy (non-hydrogen) atoms. The van der Waals surface area contributed by atoms with Crippen LogP contribution in [0, 0.1) is 0 Å². The minimum absolute atomic E-state index is 0.0223. The quantitative estimate of drug-likeness (QED) is 0.473. The molecule has 2 amide bonds. The highest BCUT2D eigenvalue weighted by Gasteiger charge is 2.28. The molecule has 2 aromatic rings. The summed E-state index contributed by atoms with van der Waals surface area (Å²) in [5.74, 6) is 0.784. The Kier molecular flexibility index (Phi) is 8.74. The zero-order valence-corrected chi connectivity index (χ0v) is 21.1. The Hall–Kier alpha value is -3.07. The van der Waals surface area contributed by atoms with Gasteiger partial charge in [-0.1, -0.05) is 12.1 Å². The average molecular weight is 518 g/mol. The van der Waals surface area contributed by atoms with Crippen molar-refractivity contribution in [3.8, 4) is 5.75 Å². The predicted molar refractivity (Wildman–Crippen MR) is 136 cm³/mol. The maximum absolute atomic E-state index is 12.9. The number of alkyl halides is 3. The molecule has 2 aromatic carbocycles. The van der Waals surface area contributed by atoms with E-state index in [2.05, 4.69) is 22.3 Å². The molecule has 0 spiro atoms. The summed E-state index contributed by atoms with van der Waals surface area (Å²) < 4.78 is 42.0. The highest BCUT2D eigenvalue weighted by molar-refractivity contribution is 5.95. The number of nitrogens with zero attached hydrogens (tertiary/aromatic N) is 2. The molecule has 1 N–H and O–H groups in total. The Balaban J connectivity index is 1.22. The molecule has 200 valence electrons. The molecule has 0 unspecified atom stereocenters. The zero-order chi connectivity index (χ0) is 26.4. The lowest BCUT2D eigenvalue weighted by atomic mass is 9.89. The number of ether oxygens (including phenoxy) is 1. The molecule has 0 bridgehead atoms. The maximum atomic E-state index is 12.9. The number of benzene rings is 2. The molecule has 1 atom stereocenters. The minimum Gasteiger partial charge on any atom is -0.494 e. The molecule has 9 heteroatoms. The van der Waals surface area contributed by atoms with Crippen LogP contribution in [-0.2, 0) is 4.79 Å². The topological polar surface area (TPSA) is 61.9 Å². The van der Waals surface area contributed by atoms with Crippen LogP contribution in [0.3, 0.4) is 0 Å². The molecular formula is C28H34F3N3O3. The Morgan fingerprint density at radius 2 is 1.65 bits per heavy atom. The average Bonchev–Trinajstić information content (AvgIpc) is 3.32. The summed E-state index contributed by atoms with van der Waals surface area (Å²) in [6, 6.07) is 14.5. The predicted octanol–water partition coefficient (Wildman–Crippen LogP) is 5.46. The van der Waals surface area contributed by atoms with Crippen molar-refractivity contribution in [1.82, 2.24) is 9.80 Å². The smallest absolute Gasteiger partial charge is 0.389 e. The molecule has 2 aliphatic rings. The molecule has 2 fully saturated rings. The Morgan fingerprint density at radius 1 is 0.973 bits per heavy atom. The van der Waals surface area contributed by atoms with Crippen LogP contribution in [0.5, 0.6) is 5.75 Å². The number of anilines is 1. The van der Waals surface area contributed by atoms with Gasteiger partial charge in [0.15, 0.2) is 0 Å². The number of rotatable bonds is 8. The van der Waals surface area contributed by atoms with Crippen molar-refractivity contribution in [3.63, 3.8) is 0 Å². The van der Waals surface area contributed by atoms with E-state index in [0.717, 1.165) is 37.9 Å². The fourth-order valence-electron chi connectivity index (χ4n) is 5.06. The van der Waals surface area contributed by atoms with Crippen molar-refractivity contribution in [2.24, 2.45) is 0 Å². The van der Waals surface area contributed by atoms with Gasteiger partial charge in [0, 0.05) is 30.8 Å². The SMILES string of the molecule is CN1CCC[C@H]1C(=O)Nc1ccc(C2CCN(C(=O)c3ccc(OCCCC(F)(F)F)cc3)CC2)cc1. The number of carbonyl (C=O) groups is 2. The van der Waals surface area contributed by atoms with E-state index in [9.17, 15) is 22.8 Å². The summed E-state index contributed by atoms with van der Waals surface area (Å²) in [7, 11) is 1.98. The van der Waals surface area contributed by atoms with Gasteiger partial charge in [-0.25, -0.2) is 0 Å². The summed E-state index contributed by atoms with van der Waals surface area (Å²) in [4.78, 5) is 29.3. The van der Waals surface area contributed by atoms with Crippen molar-refractivity contribution < 1.29 is 27.5 Å². The summed E-state index contributed by atoms with van der Waals surface area (Å²) in [6.45, 7) is 2.22. The van der Waals surface area contributed by atoms with Crippen molar-refractivity contribution in [2.45, 2.75) is 56.7 Å². The van der Waals surface area contributed by atoms with Crippen molar-refractivity contribution >= 4 is 17.5 Å². The first-order valence-corrected chi connectivity index (χ1v) is 12.9. The van der Waals surface area contributed by atoms with Gasteiger partial charge in [0.05, 0.1) is 12.6 Å². The molecule has 2 aliphatic heterocycles. The second-order valence-electron chi connectivity index (χ2n) is 9.91. The van der Waals surface area contributed by atoms with Gasteiger partial charge in [-0.05, 0) is 93.6 Å². The van der Waals surface area contributed by atoms with Gasteiger partial charge < -0.3 is 15.0 Å². The van der Waals surface area contributed by atoms with Crippen LogP contribution in [-0.4, -0.2) is 67.1 Å². The van der Waals surface area contributed by atoms with E-state index in [-0.39, 0.29) is 30.9 Å². The second-order valence-corrected chi connectivity index (χ2v) is 9.91. The summed E-state index contributed by atoms with van der Waals surface area (Å²) in [5, 5.41) is 3.02. The van der Waals surface area contributed by atoms with E-state index in [4.69, 9.17) is 4.74 Å². The van der Waals surface area contributed by atoms with Gasteiger partial charge in [-0.3, -0.25) is 14.5 Å². The lowest BCUT2D eigenvalue weighted by Crippen LogP contribution is -2.38. The fraction of sp³-hybridized carbons (Fsp3) is 0.500. The normalized spacial score (nSPS) is 19.1. The van der Waals surface area contributed by atoms with Crippen LogP contribution in [0.2, 0.25) is 0 Å². The summed E-state index contributed by atoms with van der Waals surface area (Å²) in [5.41, 5.74) is 2.54. The first-order valence-electron chi connectivity index (χ1n) is 12.9. The number of carbonyl (C=O) groups excluding carboxylic acids is 2. The number of likely N-dealkylation sites (N-methyl/N-ethyl adjacent to an activating group) is 1. The standard InChI is InChI=1S/C28H34F3N3O3/c1-33-16-2-4-25(33)26(35)32-23-9-5-20(6-10-23)21-13-17-34(18-14-21)27(36)22-7-11-24(12-8-22)37-19-3-15-28(29,30)31/h5-12,21,25H,2-4,13-19H2,1H3,(H,32,35)/t25-/m0/s1. The summed E-state index contributed by atoms with van der Waals surface area (Å²) in [6.07, 6.45) is -1.52. The maximum Gasteiger partial charge on any atom is 0.389 e. The number of likely N-dealkylation sites (tertiary alicyclic amines) is 2. The van der Waals surface area contributed by atoms with Crippen LogP contribution in [0.15, 0.2) is 48.5 Å². The molecule has 0 saturated carbocycles. The van der Waals surface area contributed by atoms with Gasteiger partial charge in [-0.15, -0.1) is 0 Å². The molecule has 0 radical (unpaired) electrons. The number of piperidine rings is 1. The number of nitrogens with one attached hydrogen (secondary N) is 1. The minimum atomic E-state index is -4.18. The molecule has 2 saturated heterocycles. The van der Waals surface area contributed by atoms with E-state index in [0.29, 0.717) is 30.3 Å². The van der Waals surface area contributed by atoms with Crippen molar-refractivity contribution in [3.05, 3.63) is 59.7 Å². The third-order valence-corrected chi connectivity index (χ3v) is 7.23. The van der Waals surface area contributed by atoms with Gasteiger partial charge in [0.25, 0.3) is 5.91 Å². The van der Waals surface area contributed by atoms with Crippen LogP contribution in [0.4, 0.5) is 18.9 Å². The molecule has 0 aliphatic carbocycles. The van der Waals surface area contributed by atoms with Crippen LogP contribution in [0.1, 0.15) is 60.4 Å². The first kappa shape index (κ1) is 27.0. The fourth-order valence-corrected chi connectivity index (χ4v) is 5.06. The zero-order valence-electron chi connectivity index (χ0n) is 21.1. The van der Waals surface area contributed by atoms with Crippen LogP contribution < -0.4 is 10.1 Å². The van der Waals surface area contributed by atoms with Crippen molar-refractivity contribution in [1.29, 1.82) is 0 Å². The van der Waals surface area contributed by atoms with Gasteiger partial charge in [0.2, 0.25) is 5.91 Å².